The van der Waals surface area contributed by atoms with Crippen LogP contribution in [0.4, 0.5) is 0 Å². The molecular weight excluding hydrogens is 360 g/mol. The molecule has 29 heavy (non-hydrogen) atoms. The quantitative estimate of drug-likeness (QED) is 0.675. The minimum Gasteiger partial charge on any atom is -0.481 e. The summed E-state index contributed by atoms with van der Waals surface area (Å²) in [4.78, 5) is 18.2. The van der Waals surface area contributed by atoms with Crippen LogP contribution in [0.25, 0.3) is 11.1 Å². The molecule has 1 fully saturated rings. The number of aromatic nitrogens is 1. The number of carboxylic acids is 1. The summed E-state index contributed by atoms with van der Waals surface area (Å²) in [6, 6.07) is 21.1. The van der Waals surface area contributed by atoms with Gasteiger partial charge in [0.25, 0.3) is 0 Å². The Labute approximate surface area is 171 Å². The summed E-state index contributed by atoms with van der Waals surface area (Å²) < 4.78 is 0. The number of nitrogens with zero attached hydrogens (tertiary/aromatic N) is 2. The summed E-state index contributed by atoms with van der Waals surface area (Å²) in [7, 11) is 0. The minimum atomic E-state index is -0.695. The second-order valence-electron chi connectivity index (χ2n) is 7.80. The van der Waals surface area contributed by atoms with Crippen LogP contribution in [-0.2, 0) is 4.79 Å². The molecule has 2 heterocycles. The Morgan fingerprint density at radius 3 is 2.48 bits per heavy atom. The third kappa shape index (κ3) is 4.22. The number of rotatable bonds is 5. The number of pyridine rings is 1. The van der Waals surface area contributed by atoms with Gasteiger partial charge in [-0.25, -0.2) is 0 Å². The average molecular weight is 386 g/mol. The van der Waals surface area contributed by atoms with E-state index in [0.29, 0.717) is 6.54 Å². The van der Waals surface area contributed by atoms with Gasteiger partial charge in [0.05, 0.1) is 12.0 Å². The fourth-order valence-electron chi connectivity index (χ4n) is 4.31. The molecule has 1 saturated heterocycles. The van der Waals surface area contributed by atoms with Crippen molar-refractivity contribution in [1.82, 2.24) is 9.88 Å². The lowest BCUT2D eigenvalue weighted by atomic mass is 9.89. The molecule has 0 amide bonds. The molecule has 0 spiro atoms. The summed E-state index contributed by atoms with van der Waals surface area (Å²) in [6.07, 6.45) is 5.37. The van der Waals surface area contributed by atoms with Crippen LogP contribution in [0.5, 0.6) is 0 Å². The molecule has 1 N–H and O–H groups in total. The van der Waals surface area contributed by atoms with Crippen LogP contribution in [0, 0.1) is 12.8 Å². The molecule has 3 aromatic rings. The van der Waals surface area contributed by atoms with E-state index in [2.05, 4.69) is 59.3 Å². The maximum absolute atomic E-state index is 11.6. The largest absolute Gasteiger partial charge is 0.481 e. The maximum Gasteiger partial charge on any atom is 0.307 e. The van der Waals surface area contributed by atoms with Crippen molar-refractivity contribution in [1.29, 1.82) is 0 Å². The molecule has 4 rings (SSSR count). The second-order valence-corrected chi connectivity index (χ2v) is 7.80. The highest BCUT2D eigenvalue weighted by Crippen LogP contribution is 2.35. The van der Waals surface area contributed by atoms with Crippen molar-refractivity contribution in [3.63, 3.8) is 0 Å². The summed E-state index contributed by atoms with van der Waals surface area (Å²) in [5.74, 6) is -1.00. The van der Waals surface area contributed by atoms with Crippen LogP contribution in [0.3, 0.4) is 0 Å². The molecule has 2 aromatic carbocycles. The van der Waals surface area contributed by atoms with E-state index in [1.165, 1.54) is 22.3 Å². The number of aliphatic carboxylic acids is 1. The highest BCUT2D eigenvalue weighted by molar-refractivity contribution is 5.70. The van der Waals surface area contributed by atoms with Gasteiger partial charge in [0.2, 0.25) is 0 Å². The molecule has 1 aliphatic rings. The van der Waals surface area contributed by atoms with Gasteiger partial charge in [0.1, 0.15) is 0 Å². The molecule has 2 unspecified atom stereocenters. The second kappa shape index (κ2) is 8.58. The van der Waals surface area contributed by atoms with E-state index in [1.54, 1.807) is 0 Å². The zero-order chi connectivity index (χ0) is 20.2. The molecule has 1 aliphatic heterocycles. The van der Waals surface area contributed by atoms with Crippen molar-refractivity contribution in [2.24, 2.45) is 5.92 Å². The highest BCUT2D eigenvalue weighted by atomic mass is 16.4. The molecule has 2 atom stereocenters. The van der Waals surface area contributed by atoms with Gasteiger partial charge in [0.15, 0.2) is 0 Å². The average Bonchev–Trinajstić information content (AvgIpc) is 2.77. The zero-order valence-electron chi connectivity index (χ0n) is 16.7. The van der Waals surface area contributed by atoms with E-state index < -0.39 is 5.97 Å². The maximum atomic E-state index is 11.6. The van der Waals surface area contributed by atoms with Gasteiger partial charge in [-0.2, -0.15) is 0 Å². The fraction of sp³-hybridized carbons (Fsp3) is 0.280. The van der Waals surface area contributed by atoms with E-state index in [-0.39, 0.29) is 12.0 Å². The first-order valence-electron chi connectivity index (χ1n) is 10.2. The van der Waals surface area contributed by atoms with Crippen LogP contribution >= 0.6 is 0 Å². The number of carbonyl (C=O) groups is 1. The molecule has 1 aromatic heterocycles. The number of hydrogen-bond acceptors (Lipinski definition) is 3. The van der Waals surface area contributed by atoms with E-state index >= 15 is 0 Å². The first-order chi connectivity index (χ1) is 14.1. The Morgan fingerprint density at radius 2 is 1.79 bits per heavy atom. The van der Waals surface area contributed by atoms with Gasteiger partial charge in [-0.1, -0.05) is 54.6 Å². The zero-order valence-corrected chi connectivity index (χ0v) is 16.7. The lowest BCUT2D eigenvalue weighted by molar-refractivity contribution is -0.143. The predicted molar refractivity (Wildman–Crippen MR) is 115 cm³/mol. The smallest absolute Gasteiger partial charge is 0.307 e. The number of likely N-dealkylation sites (tertiary alicyclic amines) is 1. The van der Waals surface area contributed by atoms with E-state index in [0.717, 1.165) is 24.9 Å². The number of benzene rings is 2. The standard InChI is InChI=1S/C25H26N2O2/c1-18-16-26-14-13-23(18)24(27-15-5-8-22(17-27)25(28)29)21-11-9-20(10-12-21)19-6-3-2-4-7-19/h2-4,6-7,9-14,16,22,24H,5,8,15,17H2,1H3,(H,28,29). The van der Waals surface area contributed by atoms with Gasteiger partial charge in [0, 0.05) is 18.9 Å². The Morgan fingerprint density at radius 1 is 1.07 bits per heavy atom. The van der Waals surface area contributed by atoms with Crippen molar-refractivity contribution in [3.8, 4) is 11.1 Å². The minimum absolute atomic E-state index is 0.0324. The topological polar surface area (TPSA) is 53.4 Å². The lowest BCUT2D eigenvalue weighted by Gasteiger charge is -2.38. The van der Waals surface area contributed by atoms with Crippen molar-refractivity contribution < 1.29 is 9.90 Å². The molecule has 0 saturated carbocycles. The summed E-state index contributed by atoms with van der Waals surface area (Å²) in [6.45, 7) is 3.55. The van der Waals surface area contributed by atoms with Crippen LogP contribution in [0.15, 0.2) is 73.1 Å². The van der Waals surface area contributed by atoms with Gasteiger partial charge < -0.3 is 5.11 Å². The summed E-state index contributed by atoms with van der Waals surface area (Å²) >= 11 is 0. The summed E-state index contributed by atoms with van der Waals surface area (Å²) in [5, 5.41) is 9.56. The van der Waals surface area contributed by atoms with Crippen LogP contribution < -0.4 is 0 Å². The number of aryl methyl sites for hydroxylation is 1. The first-order valence-corrected chi connectivity index (χ1v) is 10.2. The van der Waals surface area contributed by atoms with Crippen molar-refractivity contribution in [2.45, 2.75) is 25.8 Å². The van der Waals surface area contributed by atoms with Gasteiger partial charge in [-0.05, 0) is 60.2 Å². The third-order valence-corrected chi connectivity index (χ3v) is 5.86. The predicted octanol–water partition coefficient (Wildman–Crippen LogP) is 4.94. The molecule has 0 bridgehead atoms. The molecule has 0 radical (unpaired) electrons. The normalized spacial score (nSPS) is 18.3. The fourth-order valence-corrected chi connectivity index (χ4v) is 4.31. The Kier molecular flexibility index (Phi) is 5.72. The Balaban J connectivity index is 1.71. The number of hydrogen-bond donors (Lipinski definition) is 1. The molecular formula is C25H26N2O2. The van der Waals surface area contributed by atoms with E-state index in [4.69, 9.17) is 0 Å². The third-order valence-electron chi connectivity index (χ3n) is 5.86. The van der Waals surface area contributed by atoms with E-state index in [1.807, 2.05) is 30.6 Å². The van der Waals surface area contributed by atoms with Crippen molar-refractivity contribution in [2.75, 3.05) is 13.1 Å². The number of carboxylic acid groups (broad SMARTS) is 1. The van der Waals surface area contributed by atoms with Crippen molar-refractivity contribution >= 4 is 5.97 Å². The van der Waals surface area contributed by atoms with Crippen molar-refractivity contribution in [3.05, 3.63) is 89.7 Å². The SMILES string of the molecule is Cc1cnccc1C(c1ccc(-c2ccccc2)cc1)N1CCCC(C(=O)O)C1. The first kappa shape index (κ1) is 19.3. The monoisotopic (exact) mass is 386 g/mol. The van der Waals surface area contributed by atoms with Gasteiger partial charge in [-0.15, -0.1) is 0 Å². The highest BCUT2D eigenvalue weighted by Gasteiger charge is 2.31. The van der Waals surface area contributed by atoms with Crippen LogP contribution in [0.2, 0.25) is 0 Å². The summed E-state index contributed by atoms with van der Waals surface area (Å²) in [5.41, 5.74) is 5.88. The number of piperidine rings is 1. The Hall–Kier alpha value is -2.98. The molecule has 4 nitrogen and oxygen atoms in total. The molecule has 4 heteroatoms. The van der Waals surface area contributed by atoms with Crippen LogP contribution in [0.1, 0.15) is 35.6 Å². The van der Waals surface area contributed by atoms with Gasteiger partial charge >= 0.3 is 5.97 Å². The van der Waals surface area contributed by atoms with Crippen LogP contribution in [-0.4, -0.2) is 34.0 Å². The van der Waals surface area contributed by atoms with Gasteiger partial charge in [-0.3, -0.25) is 14.7 Å². The van der Waals surface area contributed by atoms with E-state index in [9.17, 15) is 9.90 Å². The Bertz CT molecular complexity index is 970. The lowest BCUT2D eigenvalue weighted by Crippen LogP contribution is -2.41. The molecule has 0 aliphatic carbocycles. The molecule has 148 valence electrons.